The van der Waals surface area contributed by atoms with Crippen LogP contribution in [-0.4, -0.2) is 31.4 Å². The number of carbonyl (C=O) groups excluding carboxylic acids is 3. The zero-order chi connectivity index (χ0) is 16.7. The van der Waals surface area contributed by atoms with Crippen molar-refractivity contribution in [2.75, 3.05) is 19.0 Å². The summed E-state index contributed by atoms with van der Waals surface area (Å²) in [6, 6.07) is 10.1. The maximum Gasteiger partial charge on any atom is 0.307 e. The second kappa shape index (κ2) is 8.09. The fourth-order valence-electron chi connectivity index (χ4n) is 1.79. The van der Waals surface area contributed by atoms with E-state index in [1.165, 1.54) is 18.4 Å². The number of esters is 1. The molecule has 1 heterocycles. The molecule has 120 valence electrons. The minimum absolute atomic E-state index is 0.122. The van der Waals surface area contributed by atoms with E-state index in [0.29, 0.717) is 16.1 Å². The molecule has 0 atom stereocenters. The van der Waals surface area contributed by atoms with Gasteiger partial charge in [-0.25, -0.2) is 0 Å². The number of amides is 2. The Balaban J connectivity index is 1.87. The van der Waals surface area contributed by atoms with Crippen molar-refractivity contribution in [3.63, 3.8) is 0 Å². The number of hydrogen-bond donors (Lipinski definition) is 2. The van der Waals surface area contributed by atoms with Gasteiger partial charge in [-0.1, -0.05) is 6.07 Å². The van der Waals surface area contributed by atoms with Gasteiger partial charge < -0.3 is 15.4 Å². The van der Waals surface area contributed by atoms with Gasteiger partial charge in [-0.3, -0.25) is 14.4 Å². The SMILES string of the molecule is COC(=O)CCNC(=O)c1ccc(NC(=O)c2cccs2)cc1. The van der Waals surface area contributed by atoms with Crippen LogP contribution in [-0.2, 0) is 9.53 Å². The van der Waals surface area contributed by atoms with Gasteiger partial charge in [-0.15, -0.1) is 11.3 Å². The fourth-order valence-corrected chi connectivity index (χ4v) is 2.41. The predicted molar refractivity (Wildman–Crippen MR) is 87.7 cm³/mol. The van der Waals surface area contributed by atoms with E-state index >= 15 is 0 Å². The highest BCUT2D eigenvalue weighted by molar-refractivity contribution is 7.12. The van der Waals surface area contributed by atoms with E-state index in [-0.39, 0.29) is 30.7 Å². The Morgan fingerprint density at radius 2 is 1.83 bits per heavy atom. The molecular weight excluding hydrogens is 316 g/mol. The van der Waals surface area contributed by atoms with E-state index in [2.05, 4.69) is 15.4 Å². The Kier molecular flexibility index (Phi) is 5.87. The van der Waals surface area contributed by atoms with Gasteiger partial charge in [-0.05, 0) is 35.7 Å². The minimum Gasteiger partial charge on any atom is -0.469 e. The Labute approximate surface area is 137 Å². The van der Waals surface area contributed by atoms with E-state index in [4.69, 9.17) is 0 Å². The van der Waals surface area contributed by atoms with Crippen molar-refractivity contribution in [1.82, 2.24) is 5.32 Å². The summed E-state index contributed by atoms with van der Waals surface area (Å²) in [5.41, 5.74) is 1.05. The van der Waals surface area contributed by atoms with Gasteiger partial charge in [0.1, 0.15) is 0 Å². The zero-order valence-electron chi connectivity index (χ0n) is 12.5. The monoisotopic (exact) mass is 332 g/mol. The molecule has 6 nitrogen and oxygen atoms in total. The molecule has 0 saturated heterocycles. The van der Waals surface area contributed by atoms with Crippen LogP contribution >= 0.6 is 11.3 Å². The lowest BCUT2D eigenvalue weighted by Gasteiger charge is -2.06. The van der Waals surface area contributed by atoms with E-state index in [9.17, 15) is 14.4 Å². The Morgan fingerprint density at radius 3 is 2.43 bits per heavy atom. The molecule has 1 aromatic carbocycles. The van der Waals surface area contributed by atoms with Crippen molar-refractivity contribution in [2.45, 2.75) is 6.42 Å². The smallest absolute Gasteiger partial charge is 0.307 e. The number of anilines is 1. The van der Waals surface area contributed by atoms with Crippen LogP contribution in [0.5, 0.6) is 0 Å². The van der Waals surface area contributed by atoms with Crippen LogP contribution < -0.4 is 10.6 Å². The highest BCUT2D eigenvalue weighted by Gasteiger charge is 2.09. The van der Waals surface area contributed by atoms with Crippen molar-refractivity contribution < 1.29 is 19.1 Å². The Hall–Kier alpha value is -2.67. The molecule has 0 bridgehead atoms. The molecule has 1 aromatic heterocycles. The largest absolute Gasteiger partial charge is 0.469 e. The van der Waals surface area contributed by atoms with Crippen molar-refractivity contribution in [2.24, 2.45) is 0 Å². The summed E-state index contributed by atoms with van der Waals surface area (Å²) in [6.07, 6.45) is 0.122. The maximum absolute atomic E-state index is 11.9. The highest BCUT2D eigenvalue weighted by Crippen LogP contribution is 2.14. The van der Waals surface area contributed by atoms with Gasteiger partial charge in [0.15, 0.2) is 0 Å². The van der Waals surface area contributed by atoms with Gasteiger partial charge in [0.2, 0.25) is 0 Å². The third-order valence-electron chi connectivity index (χ3n) is 2.99. The number of carbonyl (C=O) groups is 3. The zero-order valence-corrected chi connectivity index (χ0v) is 13.3. The molecule has 0 saturated carbocycles. The molecule has 7 heteroatoms. The standard InChI is InChI=1S/C16H16N2O4S/c1-22-14(19)8-9-17-15(20)11-4-6-12(7-5-11)18-16(21)13-3-2-10-23-13/h2-7,10H,8-9H2,1H3,(H,17,20)(H,18,21). The molecule has 0 unspecified atom stereocenters. The summed E-state index contributed by atoms with van der Waals surface area (Å²) in [5, 5.41) is 7.21. The lowest BCUT2D eigenvalue weighted by atomic mass is 10.2. The van der Waals surface area contributed by atoms with Crippen LogP contribution in [0.2, 0.25) is 0 Å². The molecule has 0 spiro atoms. The van der Waals surface area contributed by atoms with Crippen LogP contribution in [0.15, 0.2) is 41.8 Å². The number of hydrogen-bond acceptors (Lipinski definition) is 5. The third-order valence-corrected chi connectivity index (χ3v) is 3.86. The normalized spacial score (nSPS) is 9.96. The average molecular weight is 332 g/mol. The maximum atomic E-state index is 11.9. The molecule has 2 rings (SSSR count). The van der Waals surface area contributed by atoms with E-state index in [0.717, 1.165) is 0 Å². The molecule has 2 amide bonds. The average Bonchev–Trinajstić information content (AvgIpc) is 3.09. The number of rotatable bonds is 6. The molecule has 2 aromatic rings. The summed E-state index contributed by atoms with van der Waals surface area (Å²) in [7, 11) is 1.30. The summed E-state index contributed by atoms with van der Waals surface area (Å²) < 4.78 is 4.49. The fraction of sp³-hybridized carbons (Fsp3) is 0.188. The van der Waals surface area contributed by atoms with Gasteiger partial charge in [0.25, 0.3) is 11.8 Å². The lowest BCUT2D eigenvalue weighted by molar-refractivity contribution is -0.140. The second-order valence-corrected chi connectivity index (χ2v) is 5.54. The van der Waals surface area contributed by atoms with E-state index in [1.54, 1.807) is 36.4 Å². The van der Waals surface area contributed by atoms with E-state index in [1.807, 2.05) is 5.38 Å². The highest BCUT2D eigenvalue weighted by atomic mass is 32.1. The first-order chi connectivity index (χ1) is 11.1. The minimum atomic E-state index is -0.378. The quantitative estimate of drug-likeness (QED) is 0.795. The first-order valence-electron chi connectivity index (χ1n) is 6.90. The van der Waals surface area contributed by atoms with Crippen LogP contribution in [0.25, 0.3) is 0 Å². The molecule has 0 fully saturated rings. The van der Waals surface area contributed by atoms with E-state index < -0.39 is 0 Å². The van der Waals surface area contributed by atoms with Gasteiger partial charge in [0, 0.05) is 17.8 Å². The van der Waals surface area contributed by atoms with Gasteiger partial charge in [0.05, 0.1) is 18.4 Å². The van der Waals surface area contributed by atoms with Crippen molar-refractivity contribution in [3.05, 3.63) is 52.2 Å². The first-order valence-corrected chi connectivity index (χ1v) is 7.78. The first kappa shape index (κ1) is 16.7. The summed E-state index contributed by atoms with van der Waals surface area (Å²) in [6.45, 7) is 0.211. The number of benzene rings is 1. The summed E-state index contributed by atoms with van der Waals surface area (Å²) in [4.78, 5) is 35.4. The molecular formula is C16H16N2O4S. The summed E-state index contributed by atoms with van der Waals surface area (Å²) >= 11 is 1.36. The molecule has 2 N–H and O–H groups in total. The number of methoxy groups -OCH3 is 1. The Bertz CT molecular complexity index is 681. The number of thiophene rings is 1. The van der Waals surface area contributed by atoms with Crippen LogP contribution in [0.3, 0.4) is 0 Å². The number of nitrogens with one attached hydrogen (secondary N) is 2. The predicted octanol–water partition coefficient (Wildman–Crippen LogP) is 2.29. The van der Waals surface area contributed by atoms with Crippen LogP contribution in [0.1, 0.15) is 26.5 Å². The lowest BCUT2D eigenvalue weighted by Crippen LogP contribution is -2.26. The summed E-state index contributed by atoms with van der Waals surface area (Å²) in [5.74, 6) is -0.850. The van der Waals surface area contributed by atoms with Crippen molar-refractivity contribution in [3.8, 4) is 0 Å². The van der Waals surface area contributed by atoms with Crippen molar-refractivity contribution in [1.29, 1.82) is 0 Å². The molecule has 0 aliphatic heterocycles. The van der Waals surface area contributed by atoms with Crippen LogP contribution in [0.4, 0.5) is 5.69 Å². The van der Waals surface area contributed by atoms with Crippen LogP contribution in [0, 0.1) is 0 Å². The molecule has 23 heavy (non-hydrogen) atoms. The Morgan fingerprint density at radius 1 is 1.09 bits per heavy atom. The van der Waals surface area contributed by atoms with Gasteiger partial charge >= 0.3 is 5.97 Å². The third kappa shape index (κ3) is 4.93. The topological polar surface area (TPSA) is 84.5 Å². The molecule has 0 aliphatic rings. The van der Waals surface area contributed by atoms with Gasteiger partial charge in [-0.2, -0.15) is 0 Å². The second-order valence-electron chi connectivity index (χ2n) is 4.59. The number of ether oxygens (including phenoxy) is 1. The van der Waals surface area contributed by atoms with Crippen molar-refractivity contribution >= 4 is 34.8 Å². The molecule has 0 aliphatic carbocycles. The molecule has 0 radical (unpaired) electrons.